The summed E-state index contributed by atoms with van der Waals surface area (Å²) in [5, 5.41) is 2.68. The summed E-state index contributed by atoms with van der Waals surface area (Å²) in [6.45, 7) is 4.43. The highest BCUT2D eigenvalue weighted by Gasteiger charge is 2.16. The molecule has 0 aliphatic carbocycles. The summed E-state index contributed by atoms with van der Waals surface area (Å²) in [6, 6.07) is 3.53. The molecule has 0 saturated carbocycles. The van der Waals surface area contributed by atoms with Crippen LogP contribution in [0.5, 0.6) is 0 Å². The zero-order valence-corrected chi connectivity index (χ0v) is 14.2. The highest BCUT2D eigenvalue weighted by Crippen LogP contribution is 2.19. The lowest BCUT2D eigenvalue weighted by Gasteiger charge is -2.09. The maximum absolute atomic E-state index is 13.3. The van der Waals surface area contributed by atoms with Crippen LogP contribution in [0.3, 0.4) is 0 Å². The minimum absolute atomic E-state index is 0.0327. The molecule has 0 radical (unpaired) electrons. The fourth-order valence-electron chi connectivity index (χ4n) is 1.43. The molecule has 0 unspecified atom stereocenters. The third-order valence-corrected chi connectivity index (χ3v) is 4.65. The number of rotatable bonds is 7. The van der Waals surface area contributed by atoms with E-state index < -0.39 is 15.8 Å². The topological polar surface area (TPSA) is 75.3 Å². The van der Waals surface area contributed by atoms with Crippen molar-refractivity contribution in [2.45, 2.75) is 25.2 Å². The van der Waals surface area contributed by atoms with Gasteiger partial charge in [0.2, 0.25) is 15.9 Å². The zero-order valence-electron chi connectivity index (χ0n) is 11.8. The molecule has 0 atom stereocenters. The molecular formula is C13H18BrFN2O3S. The number of halogens is 2. The number of benzene rings is 1. The molecule has 0 aliphatic heterocycles. The van der Waals surface area contributed by atoms with Gasteiger partial charge in [0, 0.05) is 19.5 Å². The van der Waals surface area contributed by atoms with Crippen LogP contribution in [0.15, 0.2) is 27.6 Å². The van der Waals surface area contributed by atoms with Gasteiger partial charge in [-0.15, -0.1) is 0 Å². The van der Waals surface area contributed by atoms with E-state index in [0.717, 1.165) is 6.07 Å². The Kier molecular flexibility index (Phi) is 6.76. The van der Waals surface area contributed by atoms with Crippen molar-refractivity contribution in [1.29, 1.82) is 0 Å². The lowest BCUT2D eigenvalue weighted by molar-refractivity contribution is -0.121. The van der Waals surface area contributed by atoms with Crippen molar-refractivity contribution in [3.05, 3.63) is 28.5 Å². The minimum Gasteiger partial charge on any atom is -0.356 e. The van der Waals surface area contributed by atoms with Crippen molar-refractivity contribution in [3.63, 3.8) is 0 Å². The molecule has 0 bridgehead atoms. The van der Waals surface area contributed by atoms with E-state index in [1.165, 1.54) is 12.1 Å². The molecule has 118 valence electrons. The SMILES string of the molecule is CC(C)CNC(=O)CCNS(=O)(=O)c1ccc(Br)c(F)c1. The Morgan fingerprint density at radius 1 is 1.38 bits per heavy atom. The number of carbonyl (C=O) groups is 1. The summed E-state index contributed by atoms with van der Waals surface area (Å²) in [5.74, 6) is -0.558. The number of carbonyl (C=O) groups excluding carboxylic acids is 1. The summed E-state index contributed by atoms with van der Waals surface area (Å²) in [5.41, 5.74) is 0. The number of sulfonamides is 1. The van der Waals surface area contributed by atoms with E-state index in [1.807, 2.05) is 13.8 Å². The van der Waals surface area contributed by atoms with Crippen LogP contribution in [0.1, 0.15) is 20.3 Å². The Balaban J connectivity index is 2.53. The van der Waals surface area contributed by atoms with E-state index in [2.05, 4.69) is 26.0 Å². The van der Waals surface area contributed by atoms with Crippen LogP contribution in [0.4, 0.5) is 4.39 Å². The largest absolute Gasteiger partial charge is 0.356 e. The Morgan fingerprint density at radius 3 is 2.62 bits per heavy atom. The Hall–Kier alpha value is -0.990. The molecule has 21 heavy (non-hydrogen) atoms. The van der Waals surface area contributed by atoms with Gasteiger partial charge in [-0.25, -0.2) is 17.5 Å². The fourth-order valence-corrected chi connectivity index (χ4v) is 2.72. The van der Waals surface area contributed by atoms with Crippen molar-refractivity contribution >= 4 is 31.9 Å². The van der Waals surface area contributed by atoms with E-state index in [9.17, 15) is 17.6 Å². The first-order chi connectivity index (χ1) is 9.72. The van der Waals surface area contributed by atoms with Crippen LogP contribution < -0.4 is 10.0 Å². The van der Waals surface area contributed by atoms with E-state index in [0.29, 0.717) is 12.5 Å². The van der Waals surface area contributed by atoms with Crippen LogP contribution in [-0.4, -0.2) is 27.4 Å². The predicted octanol–water partition coefficient (Wildman–Crippen LogP) is 2.03. The highest BCUT2D eigenvalue weighted by molar-refractivity contribution is 9.10. The molecule has 0 spiro atoms. The van der Waals surface area contributed by atoms with Crippen molar-refractivity contribution in [1.82, 2.24) is 10.0 Å². The molecule has 0 fully saturated rings. The van der Waals surface area contributed by atoms with Gasteiger partial charge in [-0.3, -0.25) is 4.79 Å². The van der Waals surface area contributed by atoms with Gasteiger partial charge >= 0.3 is 0 Å². The molecule has 1 amide bonds. The molecule has 0 aromatic heterocycles. The van der Waals surface area contributed by atoms with Gasteiger partial charge in [-0.05, 0) is 40.0 Å². The van der Waals surface area contributed by atoms with E-state index in [1.54, 1.807) is 0 Å². The maximum Gasteiger partial charge on any atom is 0.240 e. The smallest absolute Gasteiger partial charge is 0.240 e. The number of hydrogen-bond donors (Lipinski definition) is 2. The summed E-state index contributed by atoms with van der Waals surface area (Å²) in [6.07, 6.45) is 0.0327. The van der Waals surface area contributed by atoms with Gasteiger partial charge in [0.1, 0.15) is 5.82 Å². The third kappa shape index (κ3) is 6.11. The van der Waals surface area contributed by atoms with E-state index >= 15 is 0 Å². The Labute approximate surface area is 132 Å². The van der Waals surface area contributed by atoms with Crippen LogP contribution in [-0.2, 0) is 14.8 Å². The van der Waals surface area contributed by atoms with E-state index in [-0.39, 0.29) is 28.2 Å². The monoisotopic (exact) mass is 380 g/mol. The molecular weight excluding hydrogens is 363 g/mol. The number of hydrogen-bond acceptors (Lipinski definition) is 3. The van der Waals surface area contributed by atoms with Crippen molar-refractivity contribution in [2.75, 3.05) is 13.1 Å². The van der Waals surface area contributed by atoms with Crippen LogP contribution >= 0.6 is 15.9 Å². The molecule has 1 aromatic carbocycles. The van der Waals surface area contributed by atoms with Crippen LogP contribution in [0.25, 0.3) is 0 Å². The second-order valence-corrected chi connectivity index (χ2v) is 7.54. The average molecular weight is 381 g/mol. The first kappa shape index (κ1) is 18.1. The summed E-state index contributed by atoms with van der Waals surface area (Å²) >= 11 is 2.95. The second kappa shape index (κ2) is 7.86. The maximum atomic E-state index is 13.3. The van der Waals surface area contributed by atoms with Gasteiger partial charge in [-0.2, -0.15) is 0 Å². The molecule has 8 heteroatoms. The molecule has 0 heterocycles. The Bertz CT molecular complexity index is 605. The van der Waals surface area contributed by atoms with Crippen LogP contribution in [0.2, 0.25) is 0 Å². The van der Waals surface area contributed by atoms with Gasteiger partial charge in [-0.1, -0.05) is 13.8 Å². The molecule has 2 N–H and O–H groups in total. The predicted molar refractivity (Wildman–Crippen MR) is 81.8 cm³/mol. The Morgan fingerprint density at radius 2 is 2.05 bits per heavy atom. The van der Waals surface area contributed by atoms with E-state index in [4.69, 9.17) is 0 Å². The lowest BCUT2D eigenvalue weighted by atomic mass is 10.2. The molecule has 1 rings (SSSR count). The molecule has 0 aliphatic rings. The summed E-state index contributed by atoms with van der Waals surface area (Å²) in [4.78, 5) is 11.3. The third-order valence-electron chi connectivity index (χ3n) is 2.55. The standard InChI is InChI=1S/C13H18BrFN2O3S/c1-9(2)8-16-13(18)5-6-17-21(19,20)10-3-4-11(14)12(15)7-10/h3-4,7,9,17H,5-6,8H2,1-2H3,(H,16,18). The zero-order chi connectivity index (χ0) is 16.0. The van der Waals surface area contributed by atoms with Gasteiger partial charge in [0.25, 0.3) is 0 Å². The second-order valence-electron chi connectivity index (χ2n) is 4.92. The summed E-state index contributed by atoms with van der Waals surface area (Å²) in [7, 11) is -3.82. The minimum atomic E-state index is -3.82. The van der Waals surface area contributed by atoms with Gasteiger partial charge in [0.05, 0.1) is 9.37 Å². The highest BCUT2D eigenvalue weighted by atomic mass is 79.9. The molecule has 0 saturated heterocycles. The molecule has 5 nitrogen and oxygen atoms in total. The average Bonchev–Trinajstić information content (AvgIpc) is 2.39. The van der Waals surface area contributed by atoms with Crippen molar-refractivity contribution in [2.24, 2.45) is 5.92 Å². The van der Waals surface area contributed by atoms with Crippen molar-refractivity contribution in [3.8, 4) is 0 Å². The molecule has 1 aromatic rings. The number of nitrogens with one attached hydrogen (secondary N) is 2. The van der Waals surface area contributed by atoms with Gasteiger partial charge < -0.3 is 5.32 Å². The lowest BCUT2D eigenvalue weighted by Crippen LogP contribution is -2.32. The first-order valence-corrected chi connectivity index (χ1v) is 8.71. The van der Waals surface area contributed by atoms with Crippen LogP contribution in [0, 0.1) is 11.7 Å². The first-order valence-electron chi connectivity index (χ1n) is 6.44. The number of amides is 1. The fraction of sp³-hybridized carbons (Fsp3) is 0.462. The summed E-state index contributed by atoms with van der Waals surface area (Å²) < 4.78 is 39.6. The normalized spacial score (nSPS) is 11.7. The quantitative estimate of drug-likeness (QED) is 0.759. The van der Waals surface area contributed by atoms with Gasteiger partial charge in [0.15, 0.2) is 0 Å². The van der Waals surface area contributed by atoms with Crippen molar-refractivity contribution < 1.29 is 17.6 Å².